The number of hydrogen-bond donors (Lipinski definition) is 1. The Morgan fingerprint density at radius 1 is 1.03 bits per heavy atom. The van der Waals surface area contributed by atoms with E-state index in [-0.39, 0.29) is 12.5 Å². The Hall–Kier alpha value is -3.61. The third-order valence-corrected chi connectivity index (χ3v) is 4.45. The van der Waals surface area contributed by atoms with Crippen molar-refractivity contribution in [2.45, 2.75) is 13.8 Å². The molecular formula is C22H22N2O5. The number of nitrogens with zero attached hydrogens (tertiary/aromatic N) is 1. The minimum Gasteiger partial charge on any atom is -0.484 e. The Morgan fingerprint density at radius 3 is 2.52 bits per heavy atom. The van der Waals surface area contributed by atoms with Gasteiger partial charge in [-0.05, 0) is 44.2 Å². The van der Waals surface area contributed by atoms with Crippen LogP contribution < -0.4 is 15.7 Å². The fourth-order valence-corrected chi connectivity index (χ4v) is 2.93. The standard InChI is InChI=1S/C22H22N2O5/c1-3-24(4-2)22(27)17-7-5-6-8-18(17)23-20(25)14-28-16-11-9-15-10-12-21(26)29-19(15)13-16/h5-13H,3-4,14H2,1-2H3,(H,23,25). The normalized spacial score (nSPS) is 10.6. The summed E-state index contributed by atoms with van der Waals surface area (Å²) in [4.78, 5) is 38.0. The smallest absolute Gasteiger partial charge is 0.336 e. The molecule has 0 fully saturated rings. The first-order valence-electron chi connectivity index (χ1n) is 9.36. The van der Waals surface area contributed by atoms with Crippen LogP contribution in [0.1, 0.15) is 24.2 Å². The summed E-state index contributed by atoms with van der Waals surface area (Å²) in [6, 6.07) is 14.8. The van der Waals surface area contributed by atoms with E-state index in [1.165, 1.54) is 6.07 Å². The van der Waals surface area contributed by atoms with Crippen molar-refractivity contribution in [1.29, 1.82) is 0 Å². The Morgan fingerprint density at radius 2 is 1.76 bits per heavy atom. The average molecular weight is 394 g/mol. The minimum atomic E-state index is -0.457. The molecule has 0 unspecified atom stereocenters. The van der Waals surface area contributed by atoms with Gasteiger partial charge in [0.2, 0.25) is 0 Å². The fraction of sp³-hybridized carbons (Fsp3) is 0.227. The number of carbonyl (C=O) groups excluding carboxylic acids is 2. The number of benzene rings is 2. The largest absolute Gasteiger partial charge is 0.484 e. The molecule has 1 aromatic heterocycles. The number of hydrogen-bond acceptors (Lipinski definition) is 5. The molecule has 0 bridgehead atoms. The van der Waals surface area contributed by atoms with Crippen LogP contribution in [0.5, 0.6) is 5.75 Å². The lowest BCUT2D eigenvalue weighted by molar-refractivity contribution is -0.118. The van der Waals surface area contributed by atoms with Gasteiger partial charge in [0.05, 0.1) is 11.3 Å². The molecule has 0 aliphatic heterocycles. The fourth-order valence-electron chi connectivity index (χ4n) is 2.93. The molecule has 0 aliphatic carbocycles. The maximum Gasteiger partial charge on any atom is 0.336 e. The Kier molecular flexibility index (Phi) is 6.29. The third-order valence-electron chi connectivity index (χ3n) is 4.45. The Bertz CT molecular complexity index is 1090. The second kappa shape index (κ2) is 9.05. The molecule has 2 aromatic carbocycles. The molecule has 2 amide bonds. The third kappa shape index (κ3) is 4.82. The van der Waals surface area contributed by atoms with Crippen molar-refractivity contribution in [2.24, 2.45) is 0 Å². The number of carbonyl (C=O) groups is 2. The van der Waals surface area contributed by atoms with Gasteiger partial charge in [-0.15, -0.1) is 0 Å². The number of rotatable bonds is 7. The van der Waals surface area contributed by atoms with Crippen molar-refractivity contribution >= 4 is 28.5 Å². The Balaban J connectivity index is 1.69. The lowest BCUT2D eigenvalue weighted by Gasteiger charge is -2.20. The molecule has 150 valence electrons. The second-order valence-electron chi connectivity index (χ2n) is 6.31. The van der Waals surface area contributed by atoms with Crippen LogP contribution in [-0.2, 0) is 4.79 Å². The second-order valence-corrected chi connectivity index (χ2v) is 6.31. The van der Waals surface area contributed by atoms with Crippen LogP contribution in [0.15, 0.2) is 63.8 Å². The summed E-state index contributed by atoms with van der Waals surface area (Å²) < 4.78 is 10.6. The van der Waals surface area contributed by atoms with E-state index >= 15 is 0 Å². The molecule has 0 atom stereocenters. The topological polar surface area (TPSA) is 88.9 Å². The molecule has 0 spiro atoms. The molecular weight excluding hydrogens is 372 g/mol. The molecule has 3 aromatic rings. The number of ether oxygens (including phenoxy) is 1. The van der Waals surface area contributed by atoms with Crippen LogP contribution in [0.2, 0.25) is 0 Å². The van der Waals surface area contributed by atoms with Crippen molar-refractivity contribution in [3.63, 3.8) is 0 Å². The van der Waals surface area contributed by atoms with Gasteiger partial charge in [0.15, 0.2) is 6.61 Å². The number of fused-ring (bicyclic) bond motifs is 1. The van der Waals surface area contributed by atoms with E-state index in [0.717, 1.165) is 5.39 Å². The zero-order chi connectivity index (χ0) is 20.8. The predicted octanol–water partition coefficient (Wildman–Crippen LogP) is 3.29. The zero-order valence-corrected chi connectivity index (χ0v) is 16.3. The van der Waals surface area contributed by atoms with Gasteiger partial charge in [-0.3, -0.25) is 9.59 Å². The highest BCUT2D eigenvalue weighted by Crippen LogP contribution is 2.20. The van der Waals surface area contributed by atoms with Crippen molar-refractivity contribution in [1.82, 2.24) is 4.90 Å². The summed E-state index contributed by atoms with van der Waals surface area (Å²) in [6.07, 6.45) is 0. The summed E-state index contributed by atoms with van der Waals surface area (Å²) in [5.41, 5.74) is 0.784. The summed E-state index contributed by atoms with van der Waals surface area (Å²) in [5.74, 6) is -0.148. The molecule has 1 N–H and O–H groups in total. The lowest BCUT2D eigenvalue weighted by Crippen LogP contribution is -2.31. The van der Waals surface area contributed by atoms with Gasteiger partial charge in [-0.2, -0.15) is 0 Å². The van der Waals surface area contributed by atoms with Crippen LogP contribution in [0, 0.1) is 0 Å². The lowest BCUT2D eigenvalue weighted by atomic mass is 10.1. The molecule has 3 rings (SSSR count). The van der Waals surface area contributed by atoms with Gasteiger partial charge in [-0.25, -0.2) is 4.79 Å². The maximum absolute atomic E-state index is 12.6. The van der Waals surface area contributed by atoms with E-state index in [1.54, 1.807) is 53.4 Å². The van der Waals surface area contributed by atoms with Crippen molar-refractivity contribution in [3.8, 4) is 5.75 Å². The summed E-state index contributed by atoms with van der Waals surface area (Å²) in [7, 11) is 0. The molecule has 0 saturated heterocycles. The summed E-state index contributed by atoms with van der Waals surface area (Å²) in [5, 5.41) is 3.48. The zero-order valence-electron chi connectivity index (χ0n) is 16.3. The van der Waals surface area contributed by atoms with Crippen molar-refractivity contribution < 1.29 is 18.7 Å². The van der Waals surface area contributed by atoms with Crippen LogP contribution in [-0.4, -0.2) is 36.4 Å². The number of anilines is 1. The first-order chi connectivity index (χ1) is 14.0. The summed E-state index contributed by atoms with van der Waals surface area (Å²) >= 11 is 0. The highest BCUT2D eigenvalue weighted by molar-refractivity contribution is 6.04. The summed E-state index contributed by atoms with van der Waals surface area (Å²) in [6.45, 7) is 4.72. The predicted molar refractivity (Wildman–Crippen MR) is 110 cm³/mol. The molecule has 7 nitrogen and oxygen atoms in total. The van der Waals surface area contributed by atoms with Crippen LogP contribution >= 0.6 is 0 Å². The van der Waals surface area contributed by atoms with Gasteiger partial charge in [0.1, 0.15) is 11.3 Å². The highest BCUT2D eigenvalue weighted by atomic mass is 16.5. The van der Waals surface area contributed by atoms with Crippen molar-refractivity contribution in [3.05, 3.63) is 70.6 Å². The molecule has 1 heterocycles. The molecule has 7 heteroatoms. The van der Waals surface area contributed by atoms with Gasteiger partial charge < -0.3 is 19.4 Å². The quantitative estimate of drug-likeness (QED) is 0.621. The van der Waals surface area contributed by atoms with E-state index < -0.39 is 11.5 Å². The first kappa shape index (κ1) is 20.1. The number of amides is 2. The van der Waals surface area contributed by atoms with Gasteiger partial charge in [-0.1, -0.05) is 12.1 Å². The van der Waals surface area contributed by atoms with E-state index in [2.05, 4.69) is 5.32 Å². The van der Waals surface area contributed by atoms with Gasteiger partial charge in [0, 0.05) is 30.6 Å². The number of para-hydroxylation sites is 1. The van der Waals surface area contributed by atoms with E-state index in [9.17, 15) is 14.4 Å². The van der Waals surface area contributed by atoms with Crippen LogP contribution in [0.4, 0.5) is 5.69 Å². The van der Waals surface area contributed by atoms with E-state index in [0.29, 0.717) is 35.7 Å². The van der Waals surface area contributed by atoms with E-state index in [1.807, 2.05) is 13.8 Å². The number of nitrogens with one attached hydrogen (secondary N) is 1. The van der Waals surface area contributed by atoms with Crippen LogP contribution in [0.25, 0.3) is 11.0 Å². The highest BCUT2D eigenvalue weighted by Gasteiger charge is 2.17. The van der Waals surface area contributed by atoms with E-state index in [4.69, 9.17) is 9.15 Å². The van der Waals surface area contributed by atoms with Gasteiger partial charge >= 0.3 is 5.63 Å². The van der Waals surface area contributed by atoms with Gasteiger partial charge in [0.25, 0.3) is 11.8 Å². The molecule has 29 heavy (non-hydrogen) atoms. The molecule has 0 radical (unpaired) electrons. The first-order valence-corrected chi connectivity index (χ1v) is 9.36. The Labute approximate surface area is 167 Å². The average Bonchev–Trinajstić information content (AvgIpc) is 2.73. The molecule has 0 aliphatic rings. The monoisotopic (exact) mass is 394 g/mol. The minimum absolute atomic E-state index is 0.142. The van der Waals surface area contributed by atoms with Crippen molar-refractivity contribution in [2.75, 3.05) is 25.0 Å². The maximum atomic E-state index is 12.6. The van der Waals surface area contributed by atoms with Crippen LogP contribution in [0.3, 0.4) is 0 Å². The SMILES string of the molecule is CCN(CC)C(=O)c1ccccc1NC(=O)COc1ccc2ccc(=O)oc2c1. The molecule has 0 saturated carbocycles.